The normalized spacial score (nSPS) is 16.4. The molecule has 37 valence electrons. The molecule has 0 bridgehead atoms. The summed E-state index contributed by atoms with van der Waals surface area (Å²) in [4.78, 5) is 0. The molecule has 0 saturated carbocycles. The van der Waals surface area contributed by atoms with Crippen LogP contribution in [0, 0.1) is 0 Å². The van der Waals surface area contributed by atoms with Crippen LogP contribution >= 0.6 is 0 Å². The summed E-state index contributed by atoms with van der Waals surface area (Å²) in [6.45, 7) is 2.12. The van der Waals surface area contributed by atoms with Crippen LogP contribution in [0.4, 0.5) is 0 Å². The zero-order valence-electron chi connectivity index (χ0n) is 4.39. The maximum Gasteiger partial charge on any atom is 0.0300 e. The van der Waals surface area contributed by atoms with Gasteiger partial charge in [0.15, 0.2) is 0 Å². The van der Waals surface area contributed by atoms with Gasteiger partial charge >= 0.3 is 0 Å². The molecule has 0 N–H and O–H groups in total. The molecule has 1 aliphatic heterocycles. The van der Waals surface area contributed by atoms with E-state index in [2.05, 4.69) is 12.2 Å². The molecule has 1 radical (unpaired) electrons. The molecule has 0 aromatic heterocycles. The lowest BCUT2D eigenvalue weighted by Crippen LogP contribution is -1.72. The highest BCUT2D eigenvalue weighted by molar-refractivity contribution is 5.22. The van der Waals surface area contributed by atoms with Crippen molar-refractivity contribution in [2.75, 3.05) is 0 Å². The van der Waals surface area contributed by atoms with E-state index in [1.807, 2.05) is 18.5 Å². The molecular formula is C6H8N. The summed E-state index contributed by atoms with van der Waals surface area (Å²) in [5.74, 6) is 0. The third-order valence-corrected chi connectivity index (χ3v) is 1.02. The van der Waals surface area contributed by atoms with Gasteiger partial charge in [-0.3, -0.25) is 5.32 Å². The Balaban J connectivity index is 2.52. The van der Waals surface area contributed by atoms with Crippen LogP contribution in [0.2, 0.25) is 0 Å². The van der Waals surface area contributed by atoms with E-state index in [0.29, 0.717) is 0 Å². The first-order chi connectivity index (χ1) is 3.43. The molecular weight excluding hydrogens is 86.1 g/mol. The number of allylic oxidation sites excluding steroid dienone is 2. The predicted octanol–water partition coefficient (Wildman–Crippen LogP) is 1.41. The molecule has 0 fully saturated rings. The summed E-state index contributed by atoms with van der Waals surface area (Å²) in [7, 11) is 0. The molecule has 7 heavy (non-hydrogen) atoms. The highest BCUT2D eigenvalue weighted by Crippen LogP contribution is 2.04. The van der Waals surface area contributed by atoms with Crippen molar-refractivity contribution in [1.29, 1.82) is 0 Å². The smallest absolute Gasteiger partial charge is 0.0300 e. The van der Waals surface area contributed by atoms with Crippen LogP contribution in [0.25, 0.3) is 0 Å². The fraction of sp³-hybridized carbons (Fsp3) is 0.333. The van der Waals surface area contributed by atoms with Crippen LogP contribution in [0.15, 0.2) is 24.0 Å². The minimum absolute atomic E-state index is 1.10. The van der Waals surface area contributed by atoms with E-state index >= 15 is 0 Å². The monoisotopic (exact) mass is 94.1 g/mol. The van der Waals surface area contributed by atoms with Crippen LogP contribution in [0.3, 0.4) is 0 Å². The summed E-state index contributed by atoms with van der Waals surface area (Å²) in [6.07, 6.45) is 6.83. The first kappa shape index (κ1) is 4.44. The van der Waals surface area contributed by atoms with E-state index in [0.717, 1.165) is 6.42 Å². The lowest BCUT2D eigenvalue weighted by atomic mass is 10.2. The highest BCUT2D eigenvalue weighted by Gasteiger charge is 1.90. The van der Waals surface area contributed by atoms with Gasteiger partial charge in [-0.2, -0.15) is 0 Å². The summed E-state index contributed by atoms with van der Waals surface area (Å²) in [5.41, 5.74) is 1.32. The first-order valence-corrected chi connectivity index (χ1v) is 2.49. The van der Waals surface area contributed by atoms with Crippen molar-refractivity contribution in [3.05, 3.63) is 24.0 Å². The highest BCUT2D eigenvalue weighted by atomic mass is 14.8. The average Bonchev–Trinajstić information content (AvgIpc) is 2.14. The van der Waals surface area contributed by atoms with Gasteiger partial charge in [0.05, 0.1) is 0 Å². The van der Waals surface area contributed by atoms with Crippen molar-refractivity contribution in [2.45, 2.75) is 13.3 Å². The molecule has 0 unspecified atom stereocenters. The molecule has 0 aromatic carbocycles. The van der Waals surface area contributed by atoms with E-state index in [1.165, 1.54) is 5.57 Å². The standard InChI is InChI=1S/C6H8N/c1-2-6-3-4-7-5-6/h3-5H,2H2,1H3. The molecule has 0 amide bonds. The topological polar surface area (TPSA) is 14.1 Å². The van der Waals surface area contributed by atoms with Crippen molar-refractivity contribution in [1.82, 2.24) is 5.32 Å². The molecule has 1 heterocycles. The number of hydrogen-bond acceptors (Lipinski definition) is 0. The van der Waals surface area contributed by atoms with Crippen LogP contribution < -0.4 is 5.32 Å². The SMILES string of the molecule is CCC1=C[N]C=C1. The quantitative estimate of drug-likeness (QED) is 0.466. The van der Waals surface area contributed by atoms with Gasteiger partial charge in [-0.15, -0.1) is 0 Å². The molecule has 1 aliphatic rings. The van der Waals surface area contributed by atoms with Crippen molar-refractivity contribution in [2.24, 2.45) is 0 Å². The third kappa shape index (κ3) is 0.829. The second-order valence-electron chi connectivity index (χ2n) is 1.52. The van der Waals surface area contributed by atoms with Crippen LogP contribution in [0.1, 0.15) is 13.3 Å². The summed E-state index contributed by atoms with van der Waals surface area (Å²) >= 11 is 0. The number of nitrogens with zero attached hydrogens (tertiary/aromatic N) is 1. The Morgan fingerprint density at radius 2 is 2.57 bits per heavy atom. The van der Waals surface area contributed by atoms with E-state index in [4.69, 9.17) is 0 Å². The molecule has 1 rings (SSSR count). The Morgan fingerprint density at radius 3 is 2.86 bits per heavy atom. The molecule has 0 saturated heterocycles. The number of rotatable bonds is 1. The molecule has 0 aliphatic carbocycles. The van der Waals surface area contributed by atoms with Crippen molar-refractivity contribution < 1.29 is 0 Å². The minimum atomic E-state index is 1.10. The van der Waals surface area contributed by atoms with Gasteiger partial charge in [0, 0.05) is 12.4 Å². The Labute approximate surface area is 43.7 Å². The third-order valence-electron chi connectivity index (χ3n) is 1.02. The van der Waals surface area contributed by atoms with E-state index in [1.54, 1.807) is 0 Å². The summed E-state index contributed by atoms with van der Waals surface area (Å²) in [6, 6.07) is 0. The van der Waals surface area contributed by atoms with E-state index in [9.17, 15) is 0 Å². The van der Waals surface area contributed by atoms with Gasteiger partial charge < -0.3 is 0 Å². The van der Waals surface area contributed by atoms with Gasteiger partial charge in [-0.05, 0) is 18.1 Å². The molecule has 1 nitrogen and oxygen atoms in total. The molecule has 0 aromatic rings. The van der Waals surface area contributed by atoms with Gasteiger partial charge in [-0.25, -0.2) is 0 Å². The zero-order chi connectivity index (χ0) is 5.11. The average molecular weight is 94.1 g/mol. The van der Waals surface area contributed by atoms with Crippen LogP contribution in [0.5, 0.6) is 0 Å². The van der Waals surface area contributed by atoms with Crippen molar-refractivity contribution in [3.63, 3.8) is 0 Å². The predicted molar refractivity (Wildman–Crippen MR) is 29.6 cm³/mol. The Hall–Kier alpha value is -0.720. The van der Waals surface area contributed by atoms with E-state index in [-0.39, 0.29) is 0 Å². The van der Waals surface area contributed by atoms with Crippen molar-refractivity contribution >= 4 is 0 Å². The van der Waals surface area contributed by atoms with Gasteiger partial charge in [0.25, 0.3) is 0 Å². The summed E-state index contributed by atoms with van der Waals surface area (Å²) < 4.78 is 0. The fourth-order valence-corrected chi connectivity index (χ4v) is 0.530. The lowest BCUT2D eigenvalue weighted by molar-refractivity contribution is 1.12. The largest absolute Gasteiger partial charge is 0.264 e. The minimum Gasteiger partial charge on any atom is -0.264 e. The van der Waals surface area contributed by atoms with E-state index < -0.39 is 0 Å². The molecule has 0 atom stereocenters. The Bertz CT molecular complexity index is 111. The molecule has 0 spiro atoms. The second kappa shape index (κ2) is 1.82. The fourth-order valence-electron chi connectivity index (χ4n) is 0.530. The Kier molecular flexibility index (Phi) is 1.16. The van der Waals surface area contributed by atoms with Crippen LogP contribution in [-0.4, -0.2) is 0 Å². The molecule has 1 heteroatoms. The Morgan fingerprint density at radius 1 is 1.71 bits per heavy atom. The van der Waals surface area contributed by atoms with Gasteiger partial charge in [0.2, 0.25) is 0 Å². The number of hydrogen-bond donors (Lipinski definition) is 0. The zero-order valence-corrected chi connectivity index (χ0v) is 4.39. The second-order valence-corrected chi connectivity index (χ2v) is 1.52. The first-order valence-electron chi connectivity index (χ1n) is 2.49. The maximum absolute atomic E-state index is 3.89. The van der Waals surface area contributed by atoms with Gasteiger partial charge in [0.1, 0.15) is 0 Å². The summed E-state index contributed by atoms with van der Waals surface area (Å²) in [5, 5.41) is 3.89. The van der Waals surface area contributed by atoms with Crippen LogP contribution in [-0.2, 0) is 0 Å². The van der Waals surface area contributed by atoms with Crippen molar-refractivity contribution in [3.8, 4) is 0 Å². The van der Waals surface area contributed by atoms with Gasteiger partial charge in [-0.1, -0.05) is 6.92 Å². The lowest BCUT2D eigenvalue weighted by Gasteiger charge is -1.82. The maximum atomic E-state index is 3.89.